The summed E-state index contributed by atoms with van der Waals surface area (Å²) in [5, 5.41) is 8.43. The van der Waals surface area contributed by atoms with Crippen molar-refractivity contribution in [1.82, 2.24) is 0 Å². The van der Waals surface area contributed by atoms with Crippen LogP contribution < -0.4 is 10.6 Å². The maximum atomic E-state index is 11.3. The van der Waals surface area contributed by atoms with Gasteiger partial charge in [-0.15, -0.1) is 11.3 Å². The molecule has 1 aliphatic rings. The van der Waals surface area contributed by atoms with Crippen molar-refractivity contribution in [3.05, 3.63) is 45.1 Å². The molecule has 5 heteroatoms. The third kappa shape index (κ3) is 2.81. The quantitative estimate of drug-likeness (QED) is 0.879. The summed E-state index contributed by atoms with van der Waals surface area (Å²) in [7, 11) is 0. The zero-order valence-corrected chi connectivity index (χ0v) is 12.6. The average molecular weight is 307 g/mol. The number of carbonyl (C=O) groups excluding carboxylic acids is 1. The van der Waals surface area contributed by atoms with Gasteiger partial charge in [0.25, 0.3) is 0 Å². The van der Waals surface area contributed by atoms with Crippen LogP contribution in [0.1, 0.15) is 30.5 Å². The van der Waals surface area contributed by atoms with Gasteiger partial charge >= 0.3 is 0 Å². The van der Waals surface area contributed by atoms with Gasteiger partial charge in [0, 0.05) is 23.8 Å². The summed E-state index contributed by atoms with van der Waals surface area (Å²) in [6.07, 6.45) is 1.36. The Labute approximate surface area is 127 Å². The SMILES string of the molecule is CC(Nc1ccc2c(c1)CCC(=O)N2)c1csc(Cl)c1. The van der Waals surface area contributed by atoms with Crippen molar-refractivity contribution in [3.8, 4) is 0 Å². The van der Waals surface area contributed by atoms with Crippen LogP contribution in [0.2, 0.25) is 4.34 Å². The van der Waals surface area contributed by atoms with E-state index in [4.69, 9.17) is 11.6 Å². The van der Waals surface area contributed by atoms with Crippen LogP contribution in [0.3, 0.4) is 0 Å². The van der Waals surface area contributed by atoms with Crippen LogP contribution in [0.4, 0.5) is 11.4 Å². The molecule has 1 aliphatic heterocycles. The summed E-state index contributed by atoms with van der Waals surface area (Å²) < 4.78 is 0.807. The van der Waals surface area contributed by atoms with E-state index >= 15 is 0 Å². The average Bonchev–Trinajstić information content (AvgIpc) is 2.86. The molecule has 1 atom stereocenters. The number of thiophene rings is 1. The molecule has 0 fully saturated rings. The second kappa shape index (κ2) is 5.46. The predicted octanol–water partition coefficient (Wildman–Crippen LogP) is 4.46. The van der Waals surface area contributed by atoms with Gasteiger partial charge in [-0.3, -0.25) is 4.79 Å². The van der Waals surface area contributed by atoms with Gasteiger partial charge < -0.3 is 10.6 Å². The molecule has 1 amide bonds. The largest absolute Gasteiger partial charge is 0.378 e. The highest BCUT2D eigenvalue weighted by Crippen LogP contribution is 2.30. The smallest absolute Gasteiger partial charge is 0.224 e. The van der Waals surface area contributed by atoms with E-state index in [1.165, 1.54) is 11.1 Å². The van der Waals surface area contributed by atoms with E-state index in [1.807, 2.05) is 18.2 Å². The lowest BCUT2D eigenvalue weighted by atomic mass is 10.0. The number of benzene rings is 1. The normalized spacial score (nSPS) is 15.4. The third-order valence-corrected chi connectivity index (χ3v) is 4.58. The second-order valence-electron chi connectivity index (χ2n) is 4.97. The van der Waals surface area contributed by atoms with Crippen LogP contribution in [0.15, 0.2) is 29.6 Å². The Hall–Kier alpha value is -1.52. The van der Waals surface area contributed by atoms with Crippen molar-refractivity contribution in [2.24, 2.45) is 0 Å². The minimum Gasteiger partial charge on any atom is -0.378 e. The number of fused-ring (bicyclic) bond motifs is 1. The highest BCUT2D eigenvalue weighted by Gasteiger charge is 2.15. The van der Waals surface area contributed by atoms with Gasteiger partial charge in [-0.2, -0.15) is 0 Å². The van der Waals surface area contributed by atoms with Gasteiger partial charge in [0.05, 0.1) is 4.34 Å². The summed E-state index contributed by atoms with van der Waals surface area (Å²) in [4.78, 5) is 11.3. The summed E-state index contributed by atoms with van der Waals surface area (Å²) >= 11 is 7.51. The van der Waals surface area contributed by atoms with Crippen LogP contribution >= 0.6 is 22.9 Å². The zero-order valence-electron chi connectivity index (χ0n) is 11.1. The van der Waals surface area contributed by atoms with E-state index in [2.05, 4.69) is 29.0 Å². The van der Waals surface area contributed by atoms with Crippen molar-refractivity contribution in [2.45, 2.75) is 25.8 Å². The fourth-order valence-corrected chi connectivity index (χ4v) is 3.34. The molecule has 1 aromatic heterocycles. The highest BCUT2D eigenvalue weighted by atomic mass is 35.5. The van der Waals surface area contributed by atoms with Crippen molar-refractivity contribution in [3.63, 3.8) is 0 Å². The van der Waals surface area contributed by atoms with Gasteiger partial charge in [-0.1, -0.05) is 11.6 Å². The molecule has 2 heterocycles. The highest BCUT2D eigenvalue weighted by molar-refractivity contribution is 7.14. The first kappa shape index (κ1) is 13.5. The second-order valence-corrected chi connectivity index (χ2v) is 6.51. The Balaban J connectivity index is 1.76. The number of rotatable bonds is 3. The van der Waals surface area contributed by atoms with Crippen LogP contribution in [0, 0.1) is 0 Å². The summed E-state index contributed by atoms with van der Waals surface area (Å²) in [5.74, 6) is 0.0968. The Morgan fingerprint density at radius 2 is 2.20 bits per heavy atom. The molecular formula is C15H15ClN2OS. The van der Waals surface area contributed by atoms with E-state index in [1.54, 1.807) is 11.3 Å². The molecule has 2 N–H and O–H groups in total. The molecule has 0 aliphatic carbocycles. The first-order chi connectivity index (χ1) is 9.61. The lowest BCUT2D eigenvalue weighted by Gasteiger charge is -2.20. The van der Waals surface area contributed by atoms with E-state index in [-0.39, 0.29) is 11.9 Å². The summed E-state index contributed by atoms with van der Waals surface area (Å²) in [6, 6.07) is 8.26. The number of amides is 1. The van der Waals surface area contributed by atoms with Crippen LogP contribution in [0.25, 0.3) is 0 Å². The minimum atomic E-state index is 0.0968. The maximum absolute atomic E-state index is 11.3. The molecule has 0 bridgehead atoms. The lowest BCUT2D eigenvalue weighted by Crippen LogP contribution is -2.19. The first-order valence-corrected chi connectivity index (χ1v) is 7.81. The Morgan fingerprint density at radius 3 is 2.95 bits per heavy atom. The Morgan fingerprint density at radius 1 is 1.35 bits per heavy atom. The first-order valence-electron chi connectivity index (χ1n) is 6.55. The molecule has 1 unspecified atom stereocenters. The molecule has 20 heavy (non-hydrogen) atoms. The maximum Gasteiger partial charge on any atom is 0.224 e. The number of aryl methyl sites for hydroxylation is 1. The van der Waals surface area contributed by atoms with Gasteiger partial charge in [0.15, 0.2) is 0 Å². The van der Waals surface area contributed by atoms with E-state index < -0.39 is 0 Å². The summed E-state index contributed by atoms with van der Waals surface area (Å²) in [6.45, 7) is 2.11. The van der Waals surface area contributed by atoms with E-state index in [0.29, 0.717) is 6.42 Å². The number of nitrogens with one attached hydrogen (secondary N) is 2. The van der Waals surface area contributed by atoms with Crippen LogP contribution in [0.5, 0.6) is 0 Å². The molecule has 0 spiro atoms. The number of halogens is 1. The number of anilines is 2. The summed E-state index contributed by atoms with van der Waals surface area (Å²) in [5.41, 5.74) is 4.36. The van der Waals surface area contributed by atoms with E-state index in [9.17, 15) is 4.79 Å². The Bertz CT molecular complexity index is 653. The lowest BCUT2D eigenvalue weighted by molar-refractivity contribution is -0.116. The Kier molecular flexibility index (Phi) is 3.68. The minimum absolute atomic E-state index is 0.0968. The van der Waals surface area contributed by atoms with Gasteiger partial charge in [0.2, 0.25) is 5.91 Å². The molecule has 0 radical (unpaired) electrons. The molecule has 2 aromatic rings. The fraction of sp³-hybridized carbons (Fsp3) is 0.267. The monoisotopic (exact) mass is 306 g/mol. The molecule has 3 rings (SSSR count). The fourth-order valence-electron chi connectivity index (χ4n) is 2.36. The standard InChI is InChI=1S/C15H15ClN2OS/c1-9(11-7-14(16)20-8-11)17-12-3-4-13-10(6-12)2-5-15(19)18-13/h3-4,6-9,17H,2,5H2,1H3,(H,18,19). The number of hydrogen-bond acceptors (Lipinski definition) is 3. The van der Waals surface area contributed by atoms with Crippen LogP contribution in [-0.4, -0.2) is 5.91 Å². The molecule has 1 aromatic carbocycles. The van der Waals surface area contributed by atoms with E-state index in [0.717, 1.165) is 22.1 Å². The third-order valence-electron chi connectivity index (χ3n) is 3.47. The van der Waals surface area contributed by atoms with Crippen molar-refractivity contribution in [1.29, 1.82) is 0 Å². The predicted molar refractivity (Wildman–Crippen MR) is 84.8 cm³/mol. The number of hydrogen-bond donors (Lipinski definition) is 2. The molecule has 0 saturated heterocycles. The van der Waals surface area contributed by atoms with Gasteiger partial charge in [-0.25, -0.2) is 0 Å². The molecule has 104 valence electrons. The van der Waals surface area contributed by atoms with Gasteiger partial charge in [-0.05, 0) is 54.1 Å². The topological polar surface area (TPSA) is 41.1 Å². The molecule has 0 saturated carbocycles. The number of carbonyl (C=O) groups is 1. The van der Waals surface area contributed by atoms with Gasteiger partial charge in [0.1, 0.15) is 0 Å². The zero-order chi connectivity index (χ0) is 14.1. The van der Waals surface area contributed by atoms with Crippen molar-refractivity contribution >= 4 is 40.2 Å². The van der Waals surface area contributed by atoms with Crippen molar-refractivity contribution < 1.29 is 4.79 Å². The molecular weight excluding hydrogens is 292 g/mol. The van der Waals surface area contributed by atoms with Crippen LogP contribution in [-0.2, 0) is 11.2 Å². The molecule has 3 nitrogen and oxygen atoms in total. The van der Waals surface area contributed by atoms with Crippen molar-refractivity contribution in [2.75, 3.05) is 10.6 Å².